The maximum Gasteiger partial charge on any atom is 0.154 e. The monoisotopic (exact) mass is 279 g/mol. The van der Waals surface area contributed by atoms with Crippen LogP contribution >= 0.6 is 0 Å². The fourth-order valence-corrected chi connectivity index (χ4v) is 2.47. The van der Waals surface area contributed by atoms with Gasteiger partial charge in [0.15, 0.2) is 5.78 Å². The smallest absolute Gasteiger partial charge is 0.154 e. The van der Waals surface area contributed by atoms with Gasteiger partial charge in [-0.3, -0.25) is 4.79 Å². The third-order valence-electron chi connectivity index (χ3n) is 3.71. The number of carbonyl (C=O) groups excluding carboxylic acids is 1. The molecule has 0 radical (unpaired) electrons. The average Bonchev–Trinajstić information content (AvgIpc) is 2.53. The minimum Gasteiger partial charge on any atom is -0.496 e. The lowest BCUT2D eigenvalue weighted by atomic mass is 9.74. The minimum absolute atomic E-state index is 0.165. The summed E-state index contributed by atoms with van der Waals surface area (Å²) in [6, 6.07) is 18.9. The summed E-state index contributed by atoms with van der Waals surface area (Å²) in [5, 5.41) is 9.71. The zero-order chi connectivity index (χ0) is 15.3. The van der Waals surface area contributed by atoms with Crippen molar-refractivity contribution < 1.29 is 9.53 Å². The van der Waals surface area contributed by atoms with Crippen LogP contribution in [-0.4, -0.2) is 12.9 Å². The van der Waals surface area contributed by atoms with Gasteiger partial charge >= 0.3 is 0 Å². The highest BCUT2D eigenvalue weighted by atomic mass is 16.5. The molecule has 0 spiro atoms. The second kappa shape index (κ2) is 6.23. The van der Waals surface area contributed by atoms with Gasteiger partial charge in [0, 0.05) is 6.42 Å². The third-order valence-corrected chi connectivity index (χ3v) is 3.71. The Kier molecular flexibility index (Phi) is 4.39. The van der Waals surface area contributed by atoms with Crippen molar-refractivity contribution in [2.45, 2.75) is 18.8 Å². The Bertz CT molecular complexity index is 673. The van der Waals surface area contributed by atoms with E-state index < -0.39 is 5.41 Å². The van der Waals surface area contributed by atoms with Gasteiger partial charge in [-0.25, -0.2) is 0 Å². The minimum atomic E-state index is -1.18. The molecule has 2 aromatic rings. The normalized spacial score (nSPS) is 13.0. The van der Waals surface area contributed by atoms with E-state index >= 15 is 0 Å². The van der Waals surface area contributed by atoms with E-state index in [4.69, 9.17) is 4.74 Å². The fourth-order valence-electron chi connectivity index (χ4n) is 2.47. The van der Waals surface area contributed by atoms with Crippen LogP contribution in [0.25, 0.3) is 0 Å². The van der Waals surface area contributed by atoms with Crippen LogP contribution in [0.2, 0.25) is 0 Å². The number of hydrogen-bond donors (Lipinski definition) is 0. The summed E-state index contributed by atoms with van der Waals surface area (Å²) in [5.74, 6) is 0.524. The molecule has 3 nitrogen and oxygen atoms in total. The molecule has 0 N–H and O–H groups in total. The molecule has 1 unspecified atom stereocenters. The van der Waals surface area contributed by atoms with E-state index in [1.165, 1.54) is 6.92 Å². The summed E-state index contributed by atoms with van der Waals surface area (Å²) in [4.78, 5) is 12.2. The number of benzene rings is 2. The molecule has 0 fully saturated rings. The van der Waals surface area contributed by atoms with Crippen molar-refractivity contribution in [2.24, 2.45) is 0 Å². The van der Waals surface area contributed by atoms with Gasteiger partial charge in [0.05, 0.1) is 13.2 Å². The lowest BCUT2D eigenvalue weighted by Gasteiger charge is -2.25. The Morgan fingerprint density at radius 3 is 2.33 bits per heavy atom. The molecule has 2 rings (SSSR count). The maximum absolute atomic E-state index is 12.2. The van der Waals surface area contributed by atoms with Crippen LogP contribution in [0.4, 0.5) is 0 Å². The highest BCUT2D eigenvalue weighted by Gasteiger charge is 2.38. The molecule has 1 atom stereocenters. The summed E-state index contributed by atoms with van der Waals surface area (Å²) in [6.45, 7) is 1.46. The predicted molar refractivity (Wildman–Crippen MR) is 81.1 cm³/mol. The first-order chi connectivity index (χ1) is 10.1. The van der Waals surface area contributed by atoms with Crippen LogP contribution in [0, 0.1) is 11.3 Å². The van der Waals surface area contributed by atoms with Gasteiger partial charge in [0.25, 0.3) is 0 Å². The zero-order valence-corrected chi connectivity index (χ0v) is 12.2. The van der Waals surface area contributed by atoms with Crippen LogP contribution in [0.1, 0.15) is 18.1 Å². The number of nitriles is 1. The predicted octanol–water partition coefficient (Wildman–Crippen LogP) is 3.29. The van der Waals surface area contributed by atoms with E-state index in [9.17, 15) is 10.1 Å². The van der Waals surface area contributed by atoms with Crippen molar-refractivity contribution in [1.82, 2.24) is 0 Å². The average molecular weight is 279 g/mol. The Morgan fingerprint density at radius 2 is 1.76 bits per heavy atom. The number of carbonyl (C=O) groups is 1. The van der Waals surface area contributed by atoms with E-state index in [1.807, 2.05) is 54.6 Å². The maximum atomic E-state index is 12.2. The van der Waals surface area contributed by atoms with E-state index in [0.29, 0.717) is 17.7 Å². The van der Waals surface area contributed by atoms with Crippen molar-refractivity contribution in [3.8, 4) is 11.8 Å². The number of rotatable bonds is 5. The highest BCUT2D eigenvalue weighted by Crippen LogP contribution is 2.32. The van der Waals surface area contributed by atoms with Crippen LogP contribution < -0.4 is 4.74 Å². The molecule has 0 saturated heterocycles. The summed E-state index contributed by atoms with van der Waals surface area (Å²) < 4.78 is 5.33. The van der Waals surface area contributed by atoms with E-state index in [2.05, 4.69) is 6.07 Å². The molecule has 21 heavy (non-hydrogen) atoms. The van der Waals surface area contributed by atoms with Gasteiger partial charge in [-0.05, 0) is 24.1 Å². The SMILES string of the molecule is COc1ccccc1CC(C#N)(C(C)=O)c1ccccc1. The lowest BCUT2D eigenvalue weighted by molar-refractivity contribution is -0.120. The standard InChI is InChI=1S/C18H17NO2/c1-14(20)18(13-19,16-9-4-3-5-10-16)12-15-8-6-7-11-17(15)21-2/h3-11H,12H2,1-2H3. The Balaban J connectivity index is 2.53. The zero-order valence-electron chi connectivity index (χ0n) is 12.2. The number of nitrogens with zero attached hydrogens (tertiary/aromatic N) is 1. The summed E-state index contributed by atoms with van der Waals surface area (Å²) in [7, 11) is 1.59. The first-order valence-electron chi connectivity index (χ1n) is 6.74. The number of Topliss-reactive ketones (excluding diaryl/α,β-unsaturated/α-hetero) is 1. The van der Waals surface area contributed by atoms with Gasteiger partial charge < -0.3 is 4.74 Å². The van der Waals surface area contributed by atoms with Crippen LogP contribution in [0.3, 0.4) is 0 Å². The number of methoxy groups -OCH3 is 1. The van der Waals surface area contributed by atoms with Crippen molar-refractivity contribution in [3.05, 3.63) is 65.7 Å². The van der Waals surface area contributed by atoms with E-state index in [0.717, 1.165) is 5.56 Å². The number of hydrogen-bond acceptors (Lipinski definition) is 3. The largest absolute Gasteiger partial charge is 0.496 e. The second-order valence-electron chi connectivity index (χ2n) is 4.93. The number of ketones is 1. The van der Waals surface area contributed by atoms with Crippen molar-refractivity contribution in [3.63, 3.8) is 0 Å². The molecule has 3 heteroatoms. The molecule has 2 aromatic carbocycles. The molecular weight excluding hydrogens is 262 g/mol. The Hall–Kier alpha value is -2.60. The third kappa shape index (κ3) is 2.80. The summed E-state index contributed by atoms with van der Waals surface area (Å²) in [5.41, 5.74) is 0.377. The molecule has 0 amide bonds. The molecule has 0 aromatic heterocycles. The number of ether oxygens (including phenoxy) is 1. The van der Waals surface area contributed by atoms with Gasteiger partial charge in [-0.1, -0.05) is 48.5 Å². The quantitative estimate of drug-likeness (QED) is 0.844. The van der Waals surface area contributed by atoms with E-state index in [-0.39, 0.29) is 5.78 Å². The molecule has 0 aliphatic heterocycles. The Labute approximate surface area is 124 Å². The first kappa shape index (κ1) is 14.8. The number of para-hydroxylation sites is 1. The Morgan fingerprint density at radius 1 is 1.14 bits per heavy atom. The first-order valence-corrected chi connectivity index (χ1v) is 6.74. The van der Waals surface area contributed by atoms with Gasteiger partial charge in [-0.15, -0.1) is 0 Å². The molecule has 106 valence electrons. The van der Waals surface area contributed by atoms with E-state index in [1.54, 1.807) is 7.11 Å². The topological polar surface area (TPSA) is 50.1 Å². The van der Waals surface area contributed by atoms with Crippen LogP contribution in [0.5, 0.6) is 5.75 Å². The molecule has 0 bridgehead atoms. The van der Waals surface area contributed by atoms with Crippen molar-refractivity contribution in [2.75, 3.05) is 7.11 Å². The molecular formula is C18H17NO2. The molecule has 0 aliphatic rings. The van der Waals surface area contributed by atoms with Gasteiger partial charge in [-0.2, -0.15) is 5.26 Å². The molecule has 0 saturated carbocycles. The molecule has 0 heterocycles. The fraction of sp³-hybridized carbons (Fsp3) is 0.222. The second-order valence-corrected chi connectivity index (χ2v) is 4.93. The van der Waals surface area contributed by atoms with Gasteiger partial charge in [0.1, 0.15) is 11.2 Å². The van der Waals surface area contributed by atoms with Crippen molar-refractivity contribution >= 4 is 5.78 Å². The molecule has 0 aliphatic carbocycles. The van der Waals surface area contributed by atoms with Gasteiger partial charge in [0.2, 0.25) is 0 Å². The highest BCUT2D eigenvalue weighted by molar-refractivity contribution is 5.91. The van der Waals surface area contributed by atoms with Crippen LogP contribution in [-0.2, 0) is 16.6 Å². The summed E-state index contributed by atoms with van der Waals surface area (Å²) in [6.07, 6.45) is 0.298. The summed E-state index contributed by atoms with van der Waals surface area (Å²) >= 11 is 0. The van der Waals surface area contributed by atoms with Crippen molar-refractivity contribution in [1.29, 1.82) is 5.26 Å². The van der Waals surface area contributed by atoms with Crippen LogP contribution in [0.15, 0.2) is 54.6 Å². The lowest BCUT2D eigenvalue weighted by Crippen LogP contribution is -2.35.